The van der Waals surface area contributed by atoms with Crippen LogP contribution in [-0.2, 0) is 9.53 Å². The van der Waals surface area contributed by atoms with Gasteiger partial charge in [0, 0.05) is 25.1 Å². The number of rotatable bonds is 3. The number of fused-ring (bicyclic) bond motifs is 1. The summed E-state index contributed by atoms with van der Waals surface area (Å²) in [5.41, 5.74) is 6.90. The molecule has 1 saturated heterocycles. The summed E-state index contributed by atoms with van der Waals surface area (Å²) in [6.45, 7) is 1.50. The first-order valence-electron chi connectivity index (χ1n) is 6.76. The van der Waals surface area contributed by atoms with Crippen LogP contribution in [-0.4, -0.2) is 35.9 Å². The van der Waals surface area contributed by atoms with E-state index in [2.05, 4.69) is 15.5 Å². The van der Waals surface area contributed by atoms with Crippen LogP contribution in [0.15, 0.2) is 24.4 Å². The number of hydrogen-bond donors (Lipinski definition) is 3. The van der Waals surface area contributed by atoms with E-state index in [9.17, 15) is 4.79 Å². The van der Waals surface area contributed by atoms with Crippen LogP contribution >= 0.6 is 12.4 Å². The molecule has 0 unspecified atom stereocenters. The predicted octanol–water partition coefficient (Wildman–Crippen LogP) is 1.68. The van der Waals surface area contributed by atoms with Gasteiger partial charge in [-0.2, -0.15) is 5.10 Å². The minimum Gasteiger partial charge on any atom is -0.381 e. The normalized spacial score (nSPS) is 17.2. The SMILES string of the molecule is Cl.NCC1(C(=O)Nc2cccc3cn[nH]c23)CCOCC1. The molecule has 2 aromatic rings. The molecule has 0 bridgehead atoms. The van der Waals surface area contributed by atoms with Gasteiger partial charge in [0.25, 0.3) is 0 Å². The van der Waals surface area contributed by atoms with E-state index in [-0.39, 0.29) is 18.3 Å². The second-order valence-electron chi connectivity index (χ2n) is 5.19. The van der Waals surface area contributed by atoms with Crippen LogP contribution in [0.4, 0.5) is 5.69 Å². The summed E-state index contributed by atoms with van der Waals surface area (Å²) in [6, 6.07) is 5.70. The quantitative estimate of drug-likeness (QED) is 0.804. The number of hydrogen-bond acceptors (Lipinski definition) is 4. The van der Waals surface area contributed by atoms with Crippen molar-refractivity contribution in [3.8, 4) is 0 Å². The molecule has 1 amide bonds. The first kappa shape index (κ1) is 15.8. The zero-order chi connectivity index (χ0) is 14.0. The molecular weight excluding hydrogens is 292 g/mol. The lowest BCUT2D eigenvalue weighted by Gasteiger charge is -2.34. The maximum atomic E-state index is 12.6. The highest BCUT2D eigenvalue weighted by Gasteiger charge is 2.38. The molecule has 1 aromatic carbocycles. The number of aromatic amines is 1. The van der Waals surface area contributed by atoms with Crippen molar-refractivity contribution in [2.75, 3.05) is 25.1 Å². The molecule has 4 N–H and O–H groups in total. The number of nitrogens with one attached hydrogen (secondary N) is 2. The summed E-state index contributed by atoms with van der Waals surface area (Å²) >= 11 is 0. The van der Waals surface area contributed by atoms with Crippen molar-refractivity contribution in [1.29, 1.82) is 0 Å². The minimum atomic E-state index is -0.527. The average molecular weight is 311 g/mol. The first-order chi connectivity index (χ1) is 9.75. The van der Waals surface area contributed by atoms with E-state index in [1.807, 2.05) is 18.2 Å². The van der Waals surface area contributed by atoms with Gasteiger partial charge in [0.2, 0.25) is 5.91 Å². The standard InChI is InChI=1S/C14H18N4O2.ClH/c15-9-14(4-6-20-7-5-14)13(19)17-11-3-1-2-10-8-16-18-12(10)11;/h1-3,8H,4-7,9,15H2,(H,16,18)(H,17,19);1H. The smallest absolute Gasteiger partial charge is 0.232 e. The Balaban J connectivity index is 0.00000161. The minimum absolute atomic E-state index is 0. The molecule has 0 spiro atoms. The van der Waals surface area contributed by atoms with E-state index >= 15 is 0 Å². The molecule has 1 aliphatic rings. The van der Waals surface area contributed by atoms with Crippen molar-refractivity contribution in [3.05, 3.63) is 24.4 Å². The molecule has 0 aliphatic carbocycles. The van der Waals surface area contributed by atoms with Gasteiger partial charge in [0.1, 0.15) is 0 Å². The van der Waals surface area contributed by atoms with Crippen LogP contribution in [0.3, 0.4) is 0 Å². The maximum Gasteiger partial charge on any atom is 0.232 e. The molecule has 6 nitrogen and oxygen atoms in total. The fraction of sp³-hybridized carbons (Fsp3) is 0.429. The molecular formula is C14H19ClN4O2. The fourth-order valence-electron chi connectivity index (χ4n) is 2.61. The van der Waals surface area contributed by atoms with Gasteiger partial charge in [-0.05, 0) is 18.9 Å². The predicted molar refractivity (Wildman–Crippen MR) is 83.5 cm³/mol. The topological polar surface area (TPSA) is 93.0 Å². The van der Waals surface area contributed by atoms with E-state index in [0.717, 1.165) is 16.6 Å². The number of nitrogens with two attached hydrogens (primary N) is 1. The zero-order valence-corrected chi connectivity index (χ0v) is 12.4. The van der Waals surface area contributed by atoms with Crippen LogP contribution in [0.2, 0.25) is 0 Å². The van der Waals surface area contributed by atoms with E-state index in [1.54, 1.807) is 6.20 Å². The largest absolute Gasteiger partial charge is 0.381 e. The summed E-state index contributed by atoms with van der Waals surface area (Å²) in [6.07, 6.45) is 3.06. The Morgan fingerprint density at radius 1 is 1.43 bits per heavy atom. The number of benzene rings is 1. The lowest BCUT2D eigenvalue weighted by atomic mass is 9.79. The monoisotopic (exact) mass is 310 g/mol. The summed E-state index contributed by atoms with van der Waals surface area (Å²) in [5.74, 6) is -0.0367. The Bertz CT molecular complexity index is 622. The van der Waals surface area contributed by atoms with Gasteiger partial charge in [-0.25, -0.2) is 0 Å². The van der Waals surface area contributed by atoms with E-state index in [0.29, 0.717) is 32.6 Å². The Morgan fingerprint density at radius 2 is 2.19 bits per heavy atom. The number of para-hydroxylation sites is 1. The van der Waals surface area contributed by atoms with Gasteiger partial charge in [-0.15, -0.1) is 12.4 Å². The molecule has 114 valence electrons. The molecule has 3 rings (SSSR count). The highest BCUT2D eigenvalue weighted by atomic mass is 35.5. The van der Waals surface area contributed by atoms with Crippen molar-refractivity contribution in [2.45, 2.75) is 12.8 Å². The molecule has 1 aliphatic heterocycles. The Hall–Kier alpha value is -1.63. The van der Waals surface area contributed by atoms with Crippen molar-refractivity contribution >= 4 is 34.9 Å². The van der Waals surface area contributed by atoms with E-state index in [4.69, 9.17) is 10.5 Å². The van der Waals surface area contributed by atoms with Crippen LogP contribution in [0, 0.1) is 5.41 Å². The number of nitrogens with zero attached hydrogens (tertiary/aromatic N) is 1. The Kier molecular flexibility index (Phi) is 4.82. The number of carbonyl (C=O) groups excluding carboxylic acids is 1. The molecule has 0 radical (unpaired) electrons. The number of anilines is 1. The molecule has 0 saturated carbocycles. The van der Waals surface area contributed by atoms with Crippen molar-refractivity contribution in [1.82, 2.24) is 10.2 Å². The van der Waals surface area contributed by atoms with E-state index < -0.39 is 5.41 Å². The lowest BCUT2D eigenvalue weighted by Crippen LogP contribution is -2.46. The van der Waals surface area contributed by atoms with Crippen molar-refractivity contribution in [2.24, 2.45) is 11.1 Å². The summed E-state index contributed by atoms with van der Waals surface area (Å²) in [4.78, 5) is 12.6. The van der Waals surface area contributed by atoms with Crippen molar-refractivity contribution in [3.63, 3.8) is 0 Å². The third kappa shape index (κ3) is 2.88. The first-order valence-corrected chi connectivity index (χ1v) is 6.76. The van der Waals surface area contributed by atoms with E-state index in [1.165, 1.54) is 0 Å². The molecule has 1 aromatic heterocycles. The van der Waals surface area contributed by atoms with Crippen LogP contribution in [0.1, 0.15) is 12.8 Å². The number of carbonyl (C=O) groups is 1. The Labute approximate surface area is 128 Å². The Morgan fingerprint density at radius 3 is 2.90 bits per heavy atom. The van der Waals surface area contributed by atoms with Crippen LogP contribution in [0.25, 0.3) is 10.9 Å². The lowest BCUT2D eigenvalue weighted by molar-refractivity contribution is -0.130. The molecule has 2 heterocycles. The number of amides is 1. The number of H-pyrrole nitrogens is 1. The van der Waals surface area contributed by atoms with Gasteiger partial charge >= 0.3 is 0 Å². The fourth-order valence-corrected chi connectivity index (χ4v) is 2.61. The third-order valence-corrected chi connectivity index (χ3v) is 4.05. The second kappa shape index (κ2) is 6.43. The highest BCUT2D eigenvalue weighted by Crippen LogP contribution is 2.31. The van der Waals surface area contributed by atoms with Gasteiger partial charge in [0.05, 0.1) is 22.8 Å². The number of halogens is 1. The van der Waals surface area contributed by atoms with Crippen molar-refractivity contribution < 1.29 is 9.53 Å². The number of aromatic nitrogens is 2. The molecule has 0 atom stereocenters. The average Bonchev–Trinajstić information content (AvgIpc) is 2.97. The summed E-state index contributed by atoms with van der Waals surface area (Å²) in [7, 11) is 0. The third-order valence-electron chi connectivity index (χ3n) is 4.05. The second-order valence-corrected chi connectivity index (χ2v) is 5.19. The zero-order valence-electron chi connectivity index (χ0n) is 11.6. The van der Waals surface area contributed by atoms with Gasteiger partial charge in [-0.3, -0.25) is 9.89 Å². The van der Waals surface area contributed by atoms with Crippen LogP contribution < -0.4 is 11.1 Å². The number of ether oxygens (including phenoxy) is 1. The highest BCUT2D eigenvalue weighted by molar-refractivity contribution is 6.02. The van der Waals surface area contributed by atoms with Gasteiger partial charge in [-0.1, -0.05) is 12.1 Å². The summed E-state index contributed by atoms with van der Waals surface area (Å²) < 4.78 is 5.33. The van der Waals surface area contributed by atoms with Crippen LogP contribution in [0.5, 0.6) is 0 Å². The van der Waals surface area contributed by atoms with Gasteiger partial charge in [0.15, 0.2) is 0 Å². The molecule has 1 fully saturated rings. The van der Waals surface area contributed by atoms with Gasteiger partial charge < -0.3 is 15.8 Å². The molecule has 21 heavy (non-hydrogen) atoms. The summed E-state index contributed by atoms with van der Waals surface area (Å²) in [5, 5.41) is 10.9. The molecule has 7 heteroatoms. The maximum absolute atomic E-state index is 12.6.